The Kier molecular flexibility index (Phi) is 3.98. The molecule has 1 saturated heterocycles. The van der Waals surface area contributed by atoms with E-state index >= 15 is 0 Å². The van der Waals surface area contributed by atoms with E-state index in [1.807, 2.05) is 14.1 Å². The van der Waals surface area contributed by atoms with Gasteiger partial charge in [-0.05, 0) is 18.8 Å². The number of hydrogen-bond donors (Lipinski definition) is 0. The van der Waals surface area contributed by atoms with Gasteiger partial charge < -0.3 is 0 Å². The molecule has 0 radical (unpaired) electrons. The van der Waals surface area contributed by atoms with Gasteiger partial charge in [-0.1, -0.05) is 6.92 Å². The fourth-order valence-electron chi connectivity index (χ4n) is 1.39. The zero-order valence-electron chi connectivity index (χ0n) is 8.42. The summed E-state index contributed by atoms with van der Waals surface area (Å²) in [5, 5.41) is 1.76. The molecule has 1 rings (SSSR count). The highest BCUT2D eigenvalue weighted by atomic mass is 16.7. The molecule has 0 spiro atoms. The third-order valence-electron chi connectivity index (χ3n) is 2.37. The van der Waals surface area contributed by atoms with Gasteiger partial charge in [0.15, 0.2) is 0 Å². The fraction of sp³-hybridized carbons (Fsp3) is 1.00. The first-order valence-corrected chi connectivity index (χ1v) is 4.71. The van der Waals surface area contributed by atoms with E-state index in [0.717, 1.165) is 12.6 Å². The lowest BCUT2D eigenvalue weighted by molar-refractivity contribution is -0.162. The van der Waals surface area contributed by atoms with Gasteiger partial charge in [0.2, 0.25) is 0 Å². The Hall–Kier alpha value is -0.120. The third-order valence-corrected chi connectivity index (χ3v) is 2.37. The number of piperidine rings is 1. The fourth-order valence-corrected chi connectivity index (χ4v) is 1.39. The van der Waals surface area contributed by atoms with E-state index in [4.69, 9.17) is 4.84 Å². The maximum atomic E-state index is 5.38. The summed E-state index contributed by atoms with van der Waals surface area (Å²) in [5.74, 6) is 0.903. The van der Waals surface area contributed by atoms with Crippen molar-refractivity contribution in [1.82, 2.24) is 9.96 Å². The molecule has 0 aliphatic carbocycles. The second-order valence-electron chi connectivity index (χ2n) is 3.87. The Morgan fingerprint density at radius 2 is 1.92 bits per heavy atom. The summed E-state index contributed by atoms with van der Waals surface area (Å²) in [6.45, 7) is 5.45. The van der Waals surface area contributed by atoms with Crippen LogP contribution in [-0.2, 0) is 4.84 Å². The van der Waals surface area contributed by atoms with Crippen LogP contribution in [0.5, 0.6) is 0 Å². The molecule has 0 atom stereocenters. The Labute approximate surface area is 75.2 Å². The van der Waals surface area contributed by atoms with E-state index in [0.29, 0.717) is 0 Å². The maximum Gasteiger partial charge on any atom is 0.121 e. The van der Waals surface area contributed by atoms with Crippen LogP contribution < -0.4 is 0 Å². The third kappa shape index (κ3) is 3.52. The van der Waals surface area contributed by atoms with E-state index in [1.165, 1.54) is 25.9 Å². The molecule has 0 aromatic rings. The van der Waals surface area contributed by atoms with Crippen molar-refractivity contribution in [3.05, 3.63) is 0 Å². The molecule has 0 aromatic heterocycles. The first-order valence-electron chi connectivity index (χ1n) is 4.71. The van der Waals surface area contributed by atoms with Crippen molar-refractivity contribution in [3.63, 3.8) is 0 Å². The van der Waals surface area contributed by atoms with Gasteiger partial charge in [0.1, 0.15) is 6.73 Å². The lowest BCUT2D eigenvalue weighted by Gasteiger charge is -2.30. The second-order valence-corrected chi connectivity index (χ2v) is 3.87. The first kappa shape index (κ1) is 9.96. The van der Waals surface area contributed by atoms with Crippen LogP contribution in [-0.4, -0.2) is 43.9 Å². The van der Waals surface area contributed by atoms with Gasteiger partial charge in [-0.3, -0.25) is 9.74 Å². The number of nitrogens with zero attached hydrogens (tertiary/aromatic N) is 2. The minimum absolute atomic E-state index is 0.750. The normalized spacial score (nSPS) is 22.0. The zero-order valence-corrected chi connectivity index (χ0v) is 8.42. The van der Waals surface area contributed by atoms with E-state index in [-0.39, 0.29) is 0 Å². The number of rotatable bonds is 3. The van der Waals surface area contributed by atoms with Crippen LogP contribution in [0.1, 0.15) is 19.8 Å². The van der Waals surface area contributed by atoms with Gasteiger partial charge >= 0.3 is 0 Å². The van der Waals surface area contributed by atoms with Crippen molar-refractivity contribution < 1.29 is 4.84 Å². The molecule has 0 amide bonds. The highest BCUT2D eigenvalue weighted by molar-refractivity contribution is 4.66. The first-order chi connectivity index (χ1) is 5.68. The quantitative estimate of drug-likeness (QED) is 0.594. The molecule has 1 fully saturated rings. The van der Waals surface area contributed by atoms with Crippen LogP contribution in [0.2, 0.25) is 0 Å². The van der Waals surface area contributed by atoms with Crippen LogP contribution >= 0.6 is 0 Å². The van der Waals surface area contributed by atoms with Crippen LogP contribution in [0, 0.1) is 5.92 Å². The topological polar surface area (TPSA) is 15.7 Å². The summed E-state index contributed by atoms with van der Waals surface area (Å²) in [6, 6.07) is 0. The molecule has 1 aliphatic heterocycles. The van der Waals surface area contributed by atoms with Crippen LogP contribution in [0.15, 0.2) is 0 Å². The van der Waals surface area contributed by atoms with Crippen LogP contribution in [0.4, 0.5) is 0 Å². The van der Waals surface area contributed by atoms with Crippen LogP contribution in [0.3, 0.4) is 0 Å². The van der Waals surface area contributed by atoms with Crippen molar-refractivity contribution in [2.75, 3.05) is 33.9 Å². The molecule has 12 heavy (non-hydrogen) atoms. The average molecular weight is 172 g/mol. The molecule has 72 valence electrons. The number of likely N-dealkylation sites (tertiary alicyclic amines) is 1. The van der Waals surface area contributed by atoms with E-state index in [2.05, 4.69) is 11.8 Å². The van der Waals surface area contributed by atoms with Crippen molar-refractivity contribution >= 4 is 0 Å². The molecular weight excluding hydrogens is 152 g/mol. The minimum Gasteiger partial charge on any atom is -0.284 e. The molecular formula is C9H20N2O. The molecule has 3 heteroatoms. The molecule has 1 aliphatic rings. The number of hydroxylamine groups is 2. The van der Waals surface area contributed by atoms with Gasteiger partial charge in [-0.25, -0.2) is 0 Å². The van der Waals surface area contributed by atoms with Gasteiger partial charge in [0.05, 0.1) is 0 Å². The summed E-state index contributed by atoms with van der Waals surface area (Å²) >= 11 is 0. The molecule has 0 aromatic carbocycles. The SMILES string of the molecule is CC1CCN(CON(C)C)CC1. The Morgan fingerprint density at radius 1 is 1.33 bits per heavy atom. The van der Waals surface area contributed by atoms with Gasteiger partial charge in [-0.2, -0.15) is 5.06 Å². The molecule has 0 N–H and O–H groups in total. The number of hydrogen-bond acceptors (Lipinski definition) is 3. The van der Waals surface area contributed by atoms with E-state index < -0.39 is 0 Å². The lowest BCUT2D eigenvalue weighted by Crippen LogP contribution is -2.36. The summed E-state index contributed by atoms with van der Waals surface area (Å²) in [5.41, 5.74) is 0. The summed E-state index contributed by atoms with van der Waals surface area (Å²) in [6.07, 6.45) is 2.63. The summed E-state index contributed by atoms with van der Waals surface area (Å²) in [4.78, 5) is 7.74. The maximum absolute atomic E-state index is 5.38. The Balaban J connectivity index is 2.09. The zero-order chi connectivity index (χ0) is 8.97. The van der Waals surface area contributed by atoms with Crippen molar-refractivity contribution in [1.29, 1.82) is 0 Å². The molecule has 1 heterocycles. The average Bonchev–Trinajstić information content (AvgIpc) is 2.03. The molecule has 0 unspecified atom stereocenters. The molecule has 0 bridgehead atoms. The molecule has 3 nitrogen and oxygen atoms in total. The standard InChI is InChI=1S/C9H20N2O/c1-9-4-6-11(7-5-9)8-12-10(2)3/h9H,4-8H2,1-3H3. The van der Waals surface area contributed by atoms with E-state index in [9.17, 15) is 0 Å². The molecule has 0 saturated carbocycles. The van der Waals surface area contributed by atoms with Crippen molar-refractivity contribution in [2.24, 2.45) is 5.92 Å². The Bertz CT molecular complexity index is 120. The minimum atomic E-state index is 0.750. The van der Waals surface area contributed by atoms with Crippen LogP contribution in [0.25, 0.3) is 0 Å². The highest BCUT2D eigenvalue weighted by Crippen LogP contribution is 2.15. The predicted molar refractivity (Wildman–Crippen MR) is 49.6 cm³/mol. The predicted octanol–water partition coefficient (Wildman–Crippen LogP) is 1.17. The van der Waals surface area contributed by atoms with Crippen molar-refractivity contribution in [2.45, 2.75) is 19.8 Å². The van der Waals surface area contributed by atoms with E-state index in [1.54, 1.807) is 5.06 Å². The van der Waals surface area contributed by atoms with Gasteiger partial charge in [0.25, 0.3) is 0 Å². The van der Waals surface area contributed by atoms with Gasteiger partial charge in [-0.15, -0.1) is 0 Å². The second kappa shape index (κ2) is 4.80. The smallest absolute Gasteiger partial charge is 0.121 e. The summed E-state index contributed by atoms with van der Waals surface area (Å²) < 4.78 is 0. The lowest BCUT2D eigenvalue weighted by atomic mass is 10.00. The summed E-state index contributed by atoms with van der Waals surface area (Å²) in [7, 11) is 3.85. The Morgan fingerprint density at radius 3 is 2.42 bits per heavy atom. The monoisotopic (exact) mass is 172 g/mol. The highest BCUT2D eigenvalue weighted by Gasteiger charge is 2.15. The van der Waals surface area contributed by atoms with Crippen molar-refractivity contribution in [3.8, 4) is 0 Å². The largest absolute Gasteiger partial charge is 0.284 e. The van der Waals surface area contributed by atoms with Gasteiger partial charge in [0, 0.05) is 27.2 Å².